The summed E-state index contributed by atoms with van der Waals surface area (Å²) in [7, 11) is 0. The number of aromatic nitrogens is 6. The fourth-order valence-corrected chi connectivity index (χ4v) is 3.21. The summed E-state index contributed by atoms with van der Waals surface area (Å²) in [5.74, 6) is -0.219. The number of nitrogens with zero attached hydrogens (tertiary/aromatic N) is 6. The van der Waals surface area contributed by atoms with Crippen LogP contribution in [0.3, 0.4) is 0 Å². The second-order valence-corrected chi connectivity index (χ2v) is 6.85. The Morgan fingerprint density at radius 3 is 2.86 bits per heavy atom. The fourth-order valence-electron chi connectivity index (χ4n) is 3.21. The zero-order valence-electron chi connectivity index (χ0n) is 16.7. The quantitative estimate of drug-likeness (QED) is 0.518. The minimum Gasteiger partial charge on any atom is -0.348 e. The summed E-state index contributed by atoms with van der Waals surface area (Å²) in [6, 6.07) is 3.61. The first-order valence-corrected chi connectivity index (χ1v) is 9.69. The maximum atomic E-state index is 13.0. The van der Waals surface area contributed by atoms with Crippen LogP contribution in [0.4, 0.5) is 0 Å². The van der Waals surface area contributed by atoms with Gasteiger partial charge in [-0.15, -0.1) is 0 Å². The molecule has 4 aromatic heterocycles. The van der Waals surface area contributed by atoms with E-state index in [-0.39, 0.29) is 5.91 Å². The molecule has 4 aromatic rings. The van der Waals surface area contributed by atoms with Gasteiger partial charge in [0.25, 0.3) is 11.6 Å². The van der Waals surface area contributed by atoms with Gasteiger partial charge in [-0.3, -0.25) is 14.2 Å². The number of aryl methyl sites for hydroxylation is 3. The molecular formula is C20H23N7O2. The van der Waals surface area contributed by atoms with Gasteiger partial charge < -0.3 is 9.84 Å². The van der Waals surface area contributed by atoms with Crippen molar-refractivity contribution in [1.82, 2.24) is 35.0 Å². The summed E-state index contributed by atoms with van der Waals surface area (Å²) in [4.78, 5) is 17.5. The molecule has 0 fully saturated rings. The van der Waals surface area contributed by atoms with Gasteiger partial charge in [-0.25, -0.2) is 4.98 Å². The van der Waals surface area contributed by atoms with Crippen LogP contribution in [0.5, 0.6) is 0 Å². The Hall–Kier alpha value is -3.49. The zero-order valence-corrected chi connectivity index (χ0v) is 16.7. The highest BCUT2D eigenvalue weighted by atomic mass is 16.5. The van der Waals surface area contributed by atoms with Gasteiger partial charge in [-0.2, -0.15) is 10.2 Å². The summed E-state index contributed by atoms with van der Waals surface area (Å²) < 4.78 is 9.02. The van der Waals surface area contributed by atoms with Crippen molar-refractivity contribution in [1.29, 1.82) is 0 Å². The Kier molecular flexibility index (Phi) is 5.11. The molecule has 0 aliphatic heterocycles. The number of carbonyl (C=O) groups excluding carboxylic acids is 1. The number of amides is 1. The van der Waals surface area contributed by atoms with Gasteiger partial charge in [-0.05, 0) is 32.4 Å². The van der Waals surface area contributed by atoms with Gasteiger partial charge in [-0.1, -0.05) is 12.1 Å². The minimum absolute atomic E-state index is 0.219. The second kappa shape index (κ2) is 7.86. The summed E-state index contributed by atoms with van der Waals surface area (Å²) >= 11 is 0. The molecule has 0 saturated heterocycles. The van der Waals surface area contributed by atoms with Crippen LogP contribution in [0.25, 0.3) is 22.5 Å². The third-order valence-electron chi connectivity index (χ3n) is 4.68. The van der Waals surface area contributed by atoms with Gasteiger partial charge >= 0.3 is 0 Å². The number of nitrogens with one attached hydrogen (secondary N) is 1. The number of pyridine rings is 1. The highest BCUT2D eigenvalue weighted by Crippen LogP contribution is 2.26. The Morgan fingerprint density at radius 2 is 2.10 bits per heavy atom. The van der Waals surface area contributed by atoms with E-state index in [0.29, 0.717) is 40.3 Å². The van der Waals surface area contributed by atoms with Gasteiger partial charge in [0.05, 0.1) is 28.5 Å². The normalized spacial score (nSPS) is 11.3. The lowest BCUT2D eigenvalue weighted by Gasteiger charge is -2.07. The molecule has 4 heterocycles. The van der Waals surface area contributed by atoms with Crippen LogP contribution < -0.4 is 5.32 Å². The number of fused-ring (bicyclic) bond motifs is 1. The van der Waals surface area contributed by atoms with E-state index in [0.717, 1.165) is 25.1 Å². The molecule has 0 atom stereocenters. The van der Waals surface area contributed by atoms with Crippen LogP contribution in [0.2, 0.25) is 0 Å². The molecule has 0 aliphatic carbocycles. The minimum atomic E-state index is -0.219. The monoisotopic (exact) mass is 393 g/mol. The Morgan fingerprint density at radius 1 is 1.24 bits per heavy atom. The molecule has 4 rings (SSSR count). The molecule has 0 bridgehead atoms. The van der Waals surface area contributed by atoms with E-state index in [4.69, 9.17) is 4.52 Å². The first kappa shape index (κ1) is 18.9. The fraction of sp³-hybridized carbons (Fsp3) is 0.350. The Bertz CT molecular complexity index is 1150. The topological polar surface area (TPSA) is 104 Å². The van der Waals surface area contributed by atoms with Crippen molar-refractivity contribution in [3.05, 3.63) is 47.5 Å². The largest absolute Gasteiger partial charge is 0.348 e. The number of carbonyl (C=O) groups is 1. The molecule has 9 nitrogen and oxygen atoms in total. The van der Waals surface area contributed by atoms with Crippen LogP contribution in [0.1, 0.15) is 41.9 Å². The van der Waals surface area contributed by atoms with Crippen LogP contribution >= 0.6 is 0 Å². The summed E-state index contributed by atoms with van der Waals surface area (Å²) in [5.41, 5.74) is 3.61. The molecule has 29 heavy (non-hydrogen) atoms. The van der Waals surface area contributed by atoms with E-state index >= 15 is 0 Å². The third-order valence-corrected chi connectivity index (χ3v) is 4.68. The molecule has 0 saturated carbocycles. The van der Waals surface area contributed by atoms with Crippen molar-refractivity contribution in [2.45, 2.75) is 46.8 Å². The average molecular weight is 393 g/mol. The molecule has 0 spiro atoms. The predicted octanol–water partition coefficient (Wildman–Crippen LogP) is 2.95. The summed E-state index contributed by atoms with van der Waals surface area (Å²) in [6.07, 6.45) is 6.59. The smallest absolute Gasteiger partial charge is 0.259 e. The van der Waals surface area contributed by atoms with Crippen LogP contribution in [0, 0.1) is 6.92 Å². The SMILES string of the molecule is CCCn1cc(CNC(=O)c2cc(-c3ccn(CC)n3)nc3onc(C)c23)cn1. The van der Waals surface area contributed by atoms with Crippen LogP contribution in [0.15, 0.2) is 35.2 Å². The lowest BCUT2D eigenvalue weighted by Crippen LogP contribution is -2.23. The van der Waals surface area contributed by atoms with Gasteiger partial charge in [0.2, 0.25) is 0 Å². The summed E-state index contributed by atoms with van der Waals surface area (Å²) in [5, 5.41) is 16.3. The molecule has 150 valence electrons. The maximum Gasteiger partial charge on any atom is 0.259 e. The van der Waals surface area contributed by atoms with Crippen molar-refractivity contribution < 1.29 is 9.32 Å². The molecule has 1 amide bonds. The van der Waals surface area contributed by atoms with Gasteiger partial charge in [0.1, 0.15) is 5.69 Å². The predicted molar refractivity (Wildman–Crippen MR) is 107 cm³/mol. The van der Waals surface area contributed by atoms with E-state index in [1.54, 1.807) is 23.9 Å². The Labute approximate surface area is 167 Å². The first-order chi connectivity index (χ1) is 14.1. The van der Waals surface area contributed by atoms with E-state index < -0.39 is 0 Å². The van der Waals surface area contributed by atoms with Crippen LogP contribution in [-0.4, -0.2) is 35.6 Å². The van der Waals surface area contributed by atoms with Crippen molar-refractivity contribution in [2.24, 2.45) is 0 Å². The lowest BCUT2D eigenvalue weighted by atomic mass is 10.1. The zero-order chi connectivity index (χ0) is 20.4. The molecule has 0 aromatic carbocycles. The highest BCUT2D eigenvalue weighted by Gasteiger charge is 2.20. The van der Waals surface area contributed by atoms with Crippen LogP contribution in [-0.2, 0) is 19.6 Å². The van der Waals surface area contributed by atoms with E-state index in [1.165, 1.54) is 0 Å². The standard InChI is InChI=1S/C20H23N7O2/c1-4-7-27-12-14(11-22-27)10-21-19(28)15-9-17(16-6-8-26(5-2)24-16)23-20-18(15)13(3)25-29-20/h6,8-9,11-12H,4-5,7,10H2,1-3H3,(H,21,28). The first-order valence-electron chi connectivity index (χ1n) is 9.69. The maximum absolute atomic E-state index is 13.0. The van der Waals surface area contributed by atoms with Crippen molar-refractivity contribution in [3.63, 3.8) is 0 Å². The number of rotatable bonds is 7. The Balaban J connectivity index is 1.63. The second-order valence-electron chi connectivity index (χ2n) is 6.85. The molecule has 9 heteroatoms. The van der Waals surface area contributed by atoms with Gasteiger partial charge in [0, 0.05) is 37.6 Å². The third kappa shape index (κ3) is 3.75. The number of hydrogen-bond donors (Lipinski definition) is 1. The summed E-state index contributed by atoms with van der Waals surface area (Å²) in [6.45, 7) is 7.89. The molecule has 1 N–H and O–H groups in total. The van der Waals surface area contributed by atoms with Gasteiger partial charge in [0.15, 0.2) is 0 Å². The lowest BCUT2D eigenvalue weighted by molar-refractivity contribution is 0.0952. The van der Waals surface area contributed by atoms with E-state index in [2.05, 4.69) is 32.6 Å². The molecule has 0 unspecified atom stereocenters. The highest BCUT2D eigenvalue weighted by molar-refractivity contribution is 6.06. The average Bonchev–Trinajstić information content (AvgIpc) is 3.46. The molecule has 0 aliphatic rings. The number of hydrogen-bond acceptors (Lipinski definition) is 6. The van der Waals surface area contributed by atoms with Crippen molar-refractivity contribution >= 4 is 17.0 Å². The van der Waals surface area contributed by atoms with Crippen molar-refractivity contribution in [3.8, 4) is 11.4 Å². The molecule has 0 radical (unpaired) electrons. The van der Waals surface area contributed by atoms with E-state index in [9.17, 15) is 4.79 Å². The van der Waals surface area contributed by atoms with E-state index in [1.807, 2.05) is 30.1 Å². The van der Waals surface area contributed by atoms with Crippen molar-refractivity contribution in [2.75, 3.05) is 0 Å². The molecular weight excluding hydrogens is 370 g/mol.